The van der Waals surface area contributed by atoms with Crippen LogP contribution in [0.4, 0.5) is 10.1 Å². The maximum atomic E-state index is 16.0. The first-order valence-electron chi connectivity index (χ1n) is 14.0. The molecule has 4 nitrogen and oxygen atoms in total. The van der Waals surface area contributed by atoms with Crippen LogP contribution in [0.5, 0.6) is 0 Å². The molecule has 1 N–H and O–H groups in total. The molecule has 2 aliphatic carbocycles. The summed E-state index contributed by atoms with van der Waals surface area (Å²) in [4.78, 5) is 2.28. The van der Waals surface area contributed by atoms with E-state index >= 15 is 4.39 Å². The number of halogens is 1. The molecular weight excluding hydrogens is 465 g/mol. The predicted molar refractivity (Wildman–Crippen MR) is 149 cm³/mol. The normalized spacial score (nSPS) is 26.0. The summed E-state index contributed by atoms with van der Waals surface area (Å²) in [6.45, 7) is 6.00. The third-order valence-electron chi connectivity index (χ3n) is 8.83. The van der Waals surface area contributed by atoms with Crippen molar-refractivity contribution in [3.05, 3.63) is 77.4 Å². The lowest BCUT2D eigenvalue weighted by atomic mass is 9.60. The Labute approximate surface area is 222 Å². The Morgan fingerprint density at radius 3 is 2.54 bits per heavy atom. The molecule has 1 heterocycles. The number of anilines is 1. The topological polar surface area (TPSA) is 41.9 Å². The van der Waals surface area contributed by atoms with Crippen LogP contribution >= 0.6 is 0 Å². The Balaban J connectivity index is 1.59. The Bertz CT molecular complexity index is 1020. The highest BCUT2D eigenvalue weighted by molar-refractivity contribution is 5.50. The molecule has 2 unspecified atom stereocenters. The number of methoxy groups -OCH3 is 2. The summed E-state index contributed by atoms with van der Waals surface area (Å²) in [7, 11) is 3.38. The highest BCUT2D eigenvalue weighted by Crippen LogP contribution is 2.52. The molecule has 4 atom stereocenters. The Morgan fingerprint density at radius 2 is 1.89 bits per heavy atom. The number of fused-ring (bicyclic) bond motifs is 1. The molecule has 202 valence electrons. The van der Waals surface area contributed by atoms with Gasteiger partial charge in [-0.15, -0.1) is 0 Å². The van der Waals surface area contributed by atoms with E-state index in [-0.39, 0.29) is 23.9 Å². The molecule has 3 aliphatic rings. The smallest absolute Gasteiger partial charge is 0.159 e. The number of benzene rings is 1. The number of hydrogen-bond acceptors (Lipinski definition) is 4. The second-order valence-corrected chi connectivity index (χ2v) is 10.8. The number of nitrogens with zero attached hydrogens (tertiary/aromatic N) is 1. The third-order valence-corrected chi connectivity index (χ3v) is 8.83. The lowest BCUT2D eigenvalue weighted by Crippen LogP contribution is -2.39. The molecule has 4 rings (SSSR count). The molecule has 0 amide bonds. The van der Waals surface area contributed by atoms with Crippen molar-refractivity contribution in [2.24, 2.45) is 23.7 Å². The first-order chi connectivity index (χ1) is 18.0. The highest BCUT2D eigenvalue weighted by atomic mass is 19.1. The van der Waals surface area contributed by atoms with E-state index in [4.69, 9.17) is 9.47 Å². The number of piperidine rings is 1. The molecule has 1 aliphatic heterocycles. The van der Waals surface area contributed by atoms with Gasteiger partial charge in [0.05, 0.1) is 0 Å². The van der Waals surface area contributed by atoms with Crippen molar-refractivity contribution in [3.63, 3.8) is 0 Å². The number of aliphatic hydroxyl groups excluding tert-OH is 1. The monoisotopic (exact) mass is 509 g/mol. The van der Waals surface area contributed by atoms with Gasteiger partial charge in [-0.05, 0) is 99.0 Å². The average Bonchev–Trinajstić information content (AvgIpc) is 2.92. The van der Waals surface area contributed by atoms with Gasteiger partial charge in [-0.25, -0.2) is 4.39 Å². The van der Waals surface area contributed by atoms with Crippen molar-refractivity contribution < 1.29 is 19.0 Å². The fraction of sp³-hybridized carbons (Fsp3) is 0.562. The van der Waals surface area contributed by atoms with Crippen LogP contribution < -0.4 is 4.90 Å². The molecule has 1 saturated carbocycles. The zero-order valence-electron chi connectivity index (χ0n) is 22.9. The van der Waals surface area contributed by atoms with Gasteiger partial charge in [-0.1, -0.05) is 42.9 Å². The minimum absolute atomic E-state index is 0.0912. The summed E-state index contributed by atoms with van der Waals surface area (Å²) >= 11 is 0. The van der Waals surface area contributed by atoms with Crippen molar-refractivity contribution in [1.82, 2.24) is 0 Å². The van der Waals surface area contributed by atoms with Crippen LogP contribution in [0.2, 0.25) is 0 Å². The van der Waals surface area contributed by atoms with Gasteiger partial charge in [0.25, 0.3) is 0 Å². The summed E-state index contributed by atoms with van der Waals surface area (Å²) in [5.41, 5.74) is 3.05. The molecule has 0 spiro atoms. The second-order valence-electron chi connectivity index (χ2n) is 10.8. The highest BCUT2D eigenvalue weighted by Gasteiger charge is 2.41. The quantitative estimate of drug-likeness (QED) is 0.274. The number of allylic oxidation sites excluding steroid dienone is 7. The minimum Gasteiger partial charge on any atom is -0.508 e. The zero-order valence-corrected chi connectivity index (χ0v) is 22.9. The standard InChI is InChI=1S/C32H44FNO3/c1-5-7-8-9-22(6-2)27-13-10-24-20-26(35)12-15-28(24)31(27)29-14-11-25(21-30(29)33)34-18-16-23(17-19-34)32(36-3)37-4/h5,7-9,11-12,14,20-23,27-28,31-32,35H,6,10,13,15-19H2,1-4H3/b7-5-,9-8-/t22?,27-,28?,31+/m0/s1. The SMILES string of the molecule is C/C=C\C=C/C(CC)[C@@H]1CCC2=CC(O)=CCC2[C@@H]1c1ccc(N2CCC(C(OC)OC)CC2)cc1F. The van der Waals surface area contributed by atoms with Gasteiger partial charge < -0.3 is 19.5 Å². The number of ether oxygens (including phenoxy) is 2. The maximum absolute atomic E-state index is 16.0. The predicted octanol–water partition coefficient (Wildman–Crippen LogP) is 7.70. The summed E-state index contributed by atoms with van der Waals surface area (Å²) in [5, 5.41) is 10.2. The van der Waals surface area contributed by atoms with Crippen molar-refractivity contribution in [1.29, 1.82) is 0 Å². The van der Waals surface area contributed by atoms with Crippen LogP contribution in [0.25, 0.3) is 0 Å². The van der Waals surface area contributed by atoms with E-state index in [1.807, 2.05) is 31.2 Å². The molecular formula is C32H44FNO3. The summed E-state index contributed by atoms with van der Waals surface area (Å²) < 4.78 is 26.9. The lowest BCUT2D eigenvalue weighted by Gasteiger charge is -2.44. The zero-order chi connectivity index (χ0) is 26.4. The molecule has 0 radical (unpaired) electrons. The van der Waals surface area contributed by atoms with Gasteiger partial charge in [0.2, 0.25) is 0 Å². The van der Waals surface area contributed by atoms with Crippen molar-refractivity contribution >= 4 is 5.69 Å². The number of rotatable bonds is 9. The Morgan fingerprint density at radius 1 is 1.14 bits per heavy atom. The maximum Gasteiger partial charge on any atom is 0.159 e. The van der Waals surface area contributed by atoms with E-state index < -0.39 is 0 Å². The molecule has 0 bridgehead atoms. The van der Waals surface area contributed by atoms with Crippen molar-refractivity contribution in [2.75, 3.05) is 32.2 Å². The van der Waals surface area contributed by atoms with Crippen LogP contribution in [0.3, 0.4) is 0 Å². The van der Waals surface area contributed by atoms with Crippen LogP contribution in [-0.2, 0) is 9.47 Å². The number of aliphatic hydroxyl groups is 1. The Hall–Kier alpha value is -2.37. The van der Waals surface area contributed by atoms with Gasteiger partial charge in [-0.3, -0.25) is 0 Å². The van der Waals surface area contributed by atoms with Gasteiger partial charge in [0.15, 0.2) is 6.29 Å². The fourth-order valence-electron chi connectivity index (χ4n) is 6.92. The molecule has 1 aromatic carbocycles. The summed E-state index contributed by atoms with van der Waals surface area (Å²) in [6.07, 6.45) is 17.9. The van der Waals surface area contributed by atoms with Gasteiger partial charge in [-0.2, -0.15) is 0 Å². The molecule has 2 fully saturated rings. The molecule has 5 heteroatoms. The van der Waals surface area contributed by atoms with Crippen molar-refractivity contribution in [2.45, 2.75) is 64.6 Å². The van der Waals surface area contributed by atoms with Crippen molar-refractivity contribution in [3.8, 4) is 0 Å². The molecule has 1 saturated heterocycles. The summed E-state index contributed by atoms with van der Waals surface area (Å²) in [5.74, 6) is 1.68. The van der Waals surface area contributed by atoms with E-state index in [1.54, 1.807) is 20.3 Å². The van der Waals surface area contributed by atoms with Crippen LogP contribution in [0.1, 0.15) is 63.9 Å². The lowest BCUT2D eigenvalue weighted by molar-refractivity contribution is -0.141. The van der Waals surface area contributed by atoms with E-state index in [0.717, 1.165) is 62.9 Å². The molecule has 37 heavy (non-hydrogen) atoms. The third kappa shape index (κ3) is 6.21. The van der Waals surface area contributed by atoms with Crippen LogP contribution in [-0.4, -0.2) is 38.7 Å². The average molecular weight is 510 g/mol. The molecule has 1 aromatic rings. The molecule has 0 aromatic heterocycles. The largest absolute Gasteiger partial charge is 0.508 e. The number of hydrogen-bond donors (Lipinski definition) is 1. The van der Waals surface area contributed by atoms with Gasteiger partial charge >= 0.3 is 0 Å². The first-order valence-corrected chi connectivity index (χ1v) is 14.0. The van der Waals surface area contributed by atoms with E-state index in [0.29, 0.717) is 23.5 Å². The van der Waals surface area contributed by atoms with Gasteiger partial charge in [0.1, 0.15) is 11.6 Å². The van der Waals surface area contributed by atoms with Crippen LogP contribution in [0.15, 0.2) is 66.0 Å². The second kappa shape index (κ2) is 12.9. The van der Waals surface area contributed by atoms with Crippen LogP contribution in [0, 0.1) is 29.5 Å². The van der Waals surface area contributed by atoms with E-state index in [2.05, 4.69) is 36.1 Å². The summed E-state index contributed by atoms with van der Waals surface area (Å²) in [6, 6.07) is 5.91. The Kier molecular flexibility index (Phi) is 9.66. The van der Waals surface area contributed by atoms with E-state index in [1.165, 1.54) is 5.57 Å². The minimum atomic E-state index is -0.177. The van der Waals surface area contributed by atoms with Gasteiger partial charge in [0, 0.05) is 38.9 Å². The van der Waals surface area contributed by atoms with E-state index in [9.17, 15) is 5.11 Å². The first kappa shape index (κ1) is 27.7. The fourth-order valence-corrected chi connectivity index (χ4v) is 6.92.